The average molecular weight is 401 g/mol. The molecule has 0 bridgehead atoms. The second-order valence-electron chi connectivity index (χ2n) is 6.22. The molecule has 0 aliphatic rings. The maximum Gasteiger partial charge on any atom is 0.343 e. The standard InChI is InChI=1S/C21H24N2O4S/c1-15-8-16(2)10-18(9-15)13-28-14-20(24)23-22-11-17-4-6-19(7-5-17)27-12-21(25)26-3/h4-11H,12-14H2,1-3H3,(H,23,24)/b22-11+. The molecule has 6 nitrogen and oxygen atoms in total. The number of amides is 1. The lowest BCUT2D eigenvalue weighted by atomic mass is 10.1. The highest BCUT2D eigenvalue weighted by Gasteiger charge is 2.03. The van der Waals surface area contributed by atoms with Crippen LogP contribution in [-0.4, -0.2) is 37.6 Å². The molecule has 148 valence electrons. The van der Waals surface area contributed by atoms with Crippen LogP contribution in [0, 0.1) is 13.8 Å². The van der Waals surface area contributed by atoms with Crippen LogP contribution >= 0.6 is 11.8 Å². The van der Waals surface area contributed by atoms with Crippen LogP contribution in [0.2, 0.25) is 0 Å². The summed E-state index contributed by atoms with van der Waals surface area (Å²) in [5.74, 6) is 1.08. The number of thioether (sulfide) groups is 1. The number of rotatable bonds is 9. The van der Waals surface area contributed by atoms with Gasteiger partial charge in [-0.15, -0.1) is 11.8 Å². The van der Waals surface area contributed by atoms with E-state index in [0.29, 0.717) is 11.5 Å². The van der Waals surface area contributed by atoms with Crippen LogP contribution in [0.3, 0.4) is 0 Å². The molecule has 0 saturated heterocycles. The minimum absolute atomic E-state index is 0.139. The minimum Gasteiger partial charge on any atom is -0.482 e. The molecular weight excluding hydrogens is 376 g/mol. The normalized spacial score (nSPS) is 10.7. The van der Waals surface area contributed by atoms with Crippen molar-refractivity contribution < 1.29 is 19.1 Å². The third kappa shape index (κ3) is 7.84. The topological polar surface area (TPSA) is 77.0 Å². The number of nitrogens with zero attached hydrogens (tertiary/aromatic N) is 1. The van der Waals surface area contributed by atoms with E-state index in [2.05, 4.69) is 47.3 Å². The molecule has 7 heteroatoms. The van der Waals surface area contributed by atoms with E-state index in [1.54, 1.807) is 42.2 Å². The summed E-state index contributed by atoms with van der Waals surface area (Å²) in [5.41, 5.74) is 6.99. The van der Waals surface area contributed by atoms with Crippen LogP contribution in [0.1, 0.15) is 22.3 Å². The summed E-state index contributed by atoms with van der Waals surface area (Å²) in [6.45, 7) is 4.00. The first kappa shape index (κ1) is 21.5. The summed E-state index contributed by atoms with van der Waals surface area (Å²) >= 11 is 1.55. The van der Waals surface area contributed by atoms with Crippen LogP contribution in [0.5, 0.6) is 5.75 Å². The van der Waals surface area contributed by atoms with E-state index in [4.69, 9.17) is 4.74 Å². The molecule has 1 N–H and O–H groups in total. The minimum atomic E-state index is -0.441. The van der Waals surface area contributed by atoms with Crippen molar-refractivity contribution in [3.8, 4) is 5.75 Å². The zero-order valence-corrected chi connectivity index (χ0v) is 17.0. The first-order valence-corrected chi connectivity index (χ1v) is 9.88. The van der Waals surface area contributed by atoms with Crippen molar-refractivity contribution in [2.45, 2.75) is 19.6 Å². The van der Waals surface area contributed by atoms with Crippen LogP contribution in [0.15, 0.2) is 47.6 Å². The molecule has 0 aliphatic heterocycles. The number of ether oxygens (including phenoxy) is 2. The fourth-order valence-electron chi connectivity index (χ4n) is 2.48. The van der Waals surface area contributed by atoms with E-state index in [1.807, 2.05) is 0 Å². The Bertz CT molecular complexity index is 815. The summed E-state index contributed by atoms with van der Waals surface area (Å²) in [4.78, 5) is 22.9. The van der Waals surface area contributed by atoms with Gasteiger partial charge < -0.3 is 9.47 Å². The molecule has 0 unspecified atom stereocenters. The van der Waals surface area contributed by atoms with E-state index in [9.17, 15) is 9.59 Å². The van der Waals surface area contributed by atoms with Gasteiger partial charge in [0.1, 0.15) is 5.75 Å². The summed E-state index contributed by atoms with van der Waals surface area (Å²) in [7, 11) is 1.31. The van der Waals surface area contributed by atoms with Crippen molar-refractivity contribution >= 4 is 29.9 Å². The number of carbonyl (C=O) groups is 2. The number of methoxy groups -OCH3 is 1. The van der Waals surface area contributed by atoms with Gasteiger partial charge in [0, 0.05) is 5.75 Å². The summed E-state index contributed by atoms with van der Waals surface area (Å²) in [6, 6.07) is 13.4. The number of esters is 1. The third-order valence-electron chi connectivity index (χ3n) is 3.65. The SMILES string of the molecule is COC(=O)COc1ccc(/C=N/NC(=O)CSCc2cc(C)cc(C)c2)cc1. The summed E-state index contributed by atoms with van der Waals surface area (Å²) in [6.07, 6.45) is 1.55. The van der Waals surface area contributed by atoms with Gasteiger partial charge in [0.05, 0.1) is 19.1 Å². The maximum absolute atomic E-state index is 11.9. The van der Waals surface area contributed by atoms with E-state index in [1.165, 1.54) is 23.8 Å². The van der Waals surface area contributed by atoms with Gasteiger partial charge in [-0.05, 0) is 49.2 Å². The molecule has 1 amide bonds. The Morgan fingerprint density at radius 2 is 1.79 bits per heavy atom. The predicted octanol–water partition coefficient (Wildman–Crippen LogP) is 3.24. The smallest absolute Gasteiger partial charge is 0.343 e. The van der Waals surface area contributed by atoms with E-state index in [-0.39, 0.29) is 12.5 Å². The van der Waals surface area contributed by atoms with Crippen molar-refractivity contribution in [1.29, 1.82) is 0 Å². The monoisotopic (exact) mass is 400 g/mol. The summed E-state index contributed by atoms with van der Waals surface area (Å²) in [5, 5.41) is 3.96. The van der Waals surface area contributed by atoms with Crippen molar-refractivity contribution in [2.75, 3.05) is 19.5 Å². The molecule has 2 aromatic rings. The number of carbonyl (C=O) groups excluding carboxylic acids is 2. The van der Waals surface area contributed by atoms with E-state index >= 15 is 0 Å². The average Bonchev–Trinajstić information content (AvgIpc) is 2.66. The Hall–Kier alpha value is -2.80. The molecule has 0 aliphatic carbocycles. The molecule has 2 rings (SSSR count). The molecule has 28 heavy (non-hydrogen) atoms. The molecular formula is C21H24N2O4S. The van der Waals surface area contributed by atoms with E-state index in [0.717, 1.165) is 11.3 Å². The number of nitrogens with one attached hydrogen (secondary N) is 1. The fraction of sp³-hybridized carbons (Fsp3) is 0.286. The highest BCUT2D eigenvalue weighted by molar-refractivity contribution is 7.99. The molecule has 2 aromatic carbocycles. The molecule has 0 heterocycles. The van der Waals surface area contributed by atoms with E-state index < -0.39 is 5.97 Å². The molecule has 0 radical (unpaired) electrons. The number of benzene rings is 2. The van der Waals surface area contributed by atoms with Crippen LogP contribution in [-0.2, 0) is 20.1 Å². The third-order valence-corrected chi connectivity index (χ3v) is 4.65. The van der Waals surface area contributed by atoms with Gasteiger partial charge in [0.15, 0.2) is 6.61 Å². The first-order valence-electron chi connectivity index (χ1n) is 8.73. The molecule has 0 aromatic heterocycles. The molecule has 0 spiro atoms. The summed E-state index contributed by atoms with van der Waals surface area (Å²) < 4.78 is 9.77. The fourth-order valence-corrected chi connectivity index (χ4v) is 3.23. The van der Waals surface area contributed by atoms with Gasteiger partial charge in [0.2, 0.25) is 5.91 Å². The van der Waals surface area contributed by atoms with Crippen LogP contribution in [0.25, 0.3) is 0 Å². The van der Waals surface area contributed by atoms with Gasteiger partial charge in [-0.1, -0.05) is 29.3 Å². The van der Waals surface area contributed by atoms with Gasteiger partial charge in [-0.3, -0.25) is 4.79 Å². The largest absolute Gasteiger partial charge is 0.482 e. The second kappa shape index (κ2) is 11.1. The first-order chi connectivity index (χ1) is 13.5. The number of hydrazone groups is 1. The van der Waals surface area contributed by atoms with Gasteiger partial charge >= 0.3 is 5.97 Å². The Kier molecular flexibility index (Phi) is 8.55. The zero-order valence-electron chi connectivity index (χ0n) is 16.2. The predicted molar refractivity (Wildman–Crippen MR) is 112 cm³/mol. The Morgan fingerprint density at radius 1 is 1.11 bits per heavy atom. The molecule has 0 fully saturated rings. The van der Waals surface area contributed by atoms with Crippen molar-refractivity contribution in [3.63, 3.8) is 0 Å². The lowest BCUT2D eigenvalue weighted by Crippen LogP contribution is -2.19. The Morgan fingerprint density at radius 3 is 2.43 bits per heavy atom. The van der Waals surface area contributed by atoms with Crippen LogP contribution in [0.4, 0.5) is 0 Å². The lowest BCUT2D eigenvalue weighted by molar-refractivity contribution is -0.142. The zero-order chi connectivity index (χ0) is 20.4. The number of hydrogen-bond donors (Lipinski definition) is 1. The second-order valence-corrected chi connectivity index (χ2v) is 7.20. The van der Waals surface area contributed by atoms with Crippen molar-refractivity contribution in [2.24, 2.45) is 5.10 Å². The van der Waals surface area contributed by atoms with Crippen molar-refractivity contribution in [1.82, 2.24) is 5.43 Å². The highest BCUT2D eigenvalue weighted by Crippen LogP contribution is 2.15. The quantitative estimate of drug-likeness (QED) is 0.397. The Labute approximate surface area is 169 Å². The van der Waals surface area contributed by atoms with Gasteiger partial charge in [-0.2, -0.15) is 5.10 Å². The number of hydrogen-bond acceptors (Lipinski definition) is 6. The number of aryl methyl sites for hydroxylation is 2. The molecule has 0 atom stereocenters. The molecule has 0 saturated carbocycles. The van der Waals surface area contributed by atoms with Gasteiger partial charge in [0.25, 0.3) is 0 Å². The highest BCUT2D eigenvalue weighted by atomic mass is 32.2. The maximum atomic E-state index is 11.9. The van der Waals surface area contributed by atoms with Crippen molar-refractivity contribution in [3.05, 3.63) is 64.7 Å². The van der Waals surface area contributed by atoms with Gasteiger partial charge in [-0.25, -0.2) is 10.2 Å². The Balaban J connectivity index is 1.71. The van der Waals surface area contributed by atoms with Crippen LogP contribution < -0.4 is 10.2 Å². The lowest BCUT2D eigenvalue weighted by Gasteiger charge is -2.05.